The van der Waals surface area contributed by atoms with Gasteiger partial charge in [-0.25, -0.2) is 4.99 Å². The smallest absolute Gasteiger partial charge is 0.210 e. The summed E-state index contributed by atoms with van der Waals surface area (Å²) in [5.74, 6) is 0.209. The lowest BCUT2D eigenvalue weighted by Gasteiger charge is -1.98. The normalized spacial score (nSPS) is 15.1. The maximum atomic E-state index is 10.5. The summed E-state index contributed by atoms with van der Waals surface area (Å²) in [6.45, 7) is 2.05. The predicted octanol–water partition coefficient (Wildman–Crippen LogP) is 4.59. The first kappa shape index (κ1) is 15.6. The van der Waals surface area contributed by atoms with Crippen molar-refractivity contribution in [2.24, 2.45) is 17.0 Å². The maximum absolute atomic E-state index is 10.5. The largest absolute Gasteiger partial charge is 0.493 e. The predicted molar refractivity (Wildman–Crippen MR) is 104 cm³/mol. The second-order valence-electron chi connectivity index (χ2n) is 5.95. The first-order chi connectivity index (χ1) is 12.1. The first-order valence-electron chi connectivity index (χ1n) is 7.97. The van der Waals surface area contributed by atoms with Crippen LogP contribution in [0, 0.1) is 6.92 Å². The van der Waals surface area contributed by atoms with Crippen molar-refractivity contribution in [1.29, 1.82) is 0 Å². The Morgan fingerprint density at radius 3 is 2.68 bits per heavy atom. The molecule has 1 aliphatic heterocycles. The molecule has 0 unspecified atom stereocenters. The van der Waals surface area contributed by atoms with Crippen LogP contribution in [0.2, 0.25) is 0 Å². The molecule has 0 amide bonds. The molecule has 0 bridgehead atoms. The van der Waals surface area contributed by atoms with E-state index in [1.807, 2.05) is 74.8 Å². The molecule has 0 saturated heterocycles. The summed E-state index contributed by atoms with van der Waals surface area (Å²) in [6.07, 6.45) is 3.80. The van der Waals surface area contributed by atoms with Crippen molar-refractivity contribution in [3.8, 4) is 5.88 Å². The van der Waals surface area contributed by atoms with Crippen LogP contribution in [0.3, 0.4) is 0 Å². The van der Waals surface area contributed by atoms with Gasteiger partial charge in [-0.1, -0.05) is 47.2 Å². The van der Waals surface area contributed by atoms with Gasteiger partial charge in [0.05, 0.1) is 16.3 Å². The van der Waals surface area contributed by atoms with Crippen molar-refractivity contribution < 1.29 is 5.11 Å². The summed E-state index contributed by atoms with van der Waals surface area (Å²) >= 11 is 1.45. The van der Waals surface area contributed by atoms with Gasteiger partial charge in [-0.05, 0) is 31.2 Å². The Hall–Kier alpha value is -2.92. The molecule has 3 aromatic rings. The van der Waals surface area contributed by atoms with Crippen molar-refractivity contribution >= 4 is 40.6 Å². The molecule has 1 N–H and O–H groups in total. The van der Waals surface area contributed by atoms with Gasteiger partial charge in [0, 0.05) is 24.4 Å². The van der Waals surface area contributed by atoms with Gasteiger partial charge in [0.15, 0.2) is 4.80 Å². The number of aryl methyl sites for hydroxylation is 1. The molecular formula is C20H17N3OS. The van der Waals surface area contributed by atoms with E-state index >= 15 is 0 Å². The number of hydrogen-bond donors (Lipinski definition) is 1. The Morgan fingerprint density at radius 1 is 1.12 bits per heavy atom. The highest BCUT2D eigenvalue weighted by Gasteiger charge is 2.14. The average Bonchev–Trinajstić information content (AvgIpc) is 3.14. The second-order valence-corrected chi connectivity index (χ2v) is 6.96. The van der Waals surface area contributed by atoms with Gasteiger partial charge in [-0.2, -0.15) is 0 Å². The Morgan fingerprint density at radius 2 is 1.88 bits per heavy atom. The quantitative estimate of drug-likeness (QED) is 0.724. The number of nitrogens with zero attached hydrogens (tertiary/aromatic N) is 3. The third kappa shape index (κ3) is 2.94. The fourth-order valence-electron chi connectivity index (χ4n) is 2.69. The zero-order chi connectivity index (χ0) is 17.4. The lowest BCUT2D eigenvalue weighted by Crippen LogP contribution is -2.08. The monoisotopic (exact) mass is 347 g/mol. The van der Waals surface area contributed by atoms with E-state index in [4.69, 9.17) is 0 Å². The molecule has 0 fully saturated rings. The van der Waals surface area contributed by atoms with Crippen molar-refractivity contribution in [1.82, 2.24) is 4.57 Å². The van der Waals surface area contributed by atoms with Crippen molar-refractivity contribution in [3.63, 3.8) is 0 Å². The number of benzene rings is 2. The molecule has 0 saturated carbocycles. The zero-order valence-electron chi connectivity index (χ0n) is 14.0. The van der Waals surface area contributed by atoms with E-state index in [0.717, 1.165) is 32.2 Å². The van der Waals surface area contributed by atoms with Gasteiger partial charge in [-0.15, -0.1) is 0 Å². The molecule has 124 valence electrons. The fraction of sp³-hybridized carbons (Fsp3) is 0.100. The van der Waals surface area contributed by atoms with Crippen LogP contribution in [0.15, 0.2) is 58.5 Å². The lowest BCUT2D eigenvalue weighted by molar-refractivity contribution is 0.427. The highest BCUT2D eigenvalue weighted by atomic mass is 32.1. The highest BCUT2D eigenvalue weighted by Crippen LogP contribution is 2.34. The van der Waals surface area contributed by atoms with Crippen molar-refractivity contribution in [2.75, 3.05) is 0 Å². The third-order valence-electron chi connectivity index (χ3n) is 4.13. The average molecular weight is 347 g/mol. The van der Waals surface area contributed by atoms with Gasteiger partial charge in [0.1, 0.15) is 0 Å². The van der Waals surface area contributed by atoms with Crippen LogP contribution in [0.25, 0.3) is 11.6 Å². The van der Waals surface area contributed by atoms with E-state index in [-0.39, 0.29) is 5.88 Å². The first-order valence-corrected chi connectivity index (χ1v) is 8.79. The lowest BCUT2D eigenvalue weighted by atomic mass is 10.1. The number of aliphatic imine (C=N–C) groups is 1. The van der Waals surface area contributed by atoms with Gasteiger partial charge >= 0.3 is 0 Å². The number of hydrogen-bond acceptors (Lipinski definition) is 4. The second kappa shape index (κ2) is 6.18. The Kier molecular flexibility index (Phi) is 3.86. The summed E-state index contributed by atoms with van der Waals surface area (Å²) in [6, 6.07) is 16.0. The number of thiazole rings is 1. The molecule has 2 heterocycles. The third-order valence-corrected chi connectivity index (χ3v) is 5.20. The Labute approximate surface area is 149 Å². The number of rotatable bonds is 2. The molecule has 5 heteroatoms. The Balaban J connectivity index is 1.77. The number of aromatic hydroxyl groups is 1. The molecule has 2 aromatic carbocycles. The molecule has 1 aliphatic rings. The fourth-order valence-corrected chi connectivity index (χ4v) is 3.67. The molecule has 0 aliphatic carbocycles. The SMILES string of the molecule is Cc1ccc(N=c2sc(C=C3C=Nc4ccccc43)c(O)n2C)cc1. The van der Waals surface area contributed by atoms with Crippen LogP contribution in [0.4, 0.5) is 11.4 Å². The van der Waals surface area contributed by atoms with Crippen molar-refractivity contribution in [3.05, 3.63) is 69.3 Å². The van der Waals surface area contributed by atoms with Crippen LogP contribution < -0.4 is 4.80 Å². The molecular weight excluding hydrogens is 330 g/mol. The Bertz CT molecular complexity index is 1070. The number of fused-ring (bicyclic) bond motifs is 1. The summed E-state index contributed by atoms with van der Waals surface area (Å²) < 4.78 is 1.70. The summed E-state index contributed by atoms with van der Waals surface area (Å²) in [7, 11) is 1.82. The van der Waals surface area contributed by atoms with E-state index in [2.05, 4.69) is 9.98 Å². The van der Waals surface area contributed by atoms with Crippen LogP contribution in [-0.2, 0) is 7.05 Å². The number of allylic oxidation sites excluding steroid dienone is 1. The zero-order valence-corrected chi connectivity index (χ0v) is 14.8. The molecule has 4 nitrogen and oxygen atoms in total. The van der Waals surface area contributed by atoms with Crippen molar-refractivity contribution in [2.45, 2.75) is 6.92 Å². The molecule has 1 aromatic heterocycles. The van der Waals surface area contributed by atoms with E-state index < -0.39 is 0 Å². The summed E-state index contributed by atoms with van der Waals surface area (Å²) in [4.78, 5) is 10.6. The van der Waals surface area contributed by atoms with Crippen LogP contribution in [-0.4, -0.2) is 15.9 Å². The summed E-state index contributed by atoms with van der Waals surface area (Å²) in [5, 5.41) is 10.5. The minimum atomic E-state index is 0.209. The minimum absolute atomic E-state index is 0.209. The molecule has 0 radical (unpaired) electrons. The van der Waals surface area contributed by atoms with Gasteiger partial charge in [0.2, 0.25) is 5.88 Å². The summed E-state index contributed by atoms with van der Waals surface area (Å²) in [5.41, 5.74) is 5.10. The standard InChI is InChI=1S/C20H17N3OS/c1-13-7-9-15(10-8-13)22-20-23(2)19(24)18(25-20)11-14-12-21-17-6-4-3-5-16(14)17/h3-12,24H,1-2H3. The van der Waals surface area contributed by atoms with Gasteiger partial charge in [0.25, 0.3) is 0 Å². The topological polar surface area (TPSA) is 49.9 Å². The molecule has 0 spiro atoms. The highest BCUT2D eigenvalue weighted by molar-refractivity contribution is 7.10. The van der Waals surface area contributed by atoms with E-state index in [1.54, 1.807) is 4.57 Å². The molecule has 25 heavy (non-hydrogen) atoms. The minimum Gasteiger partial charge on any atom is -0.493 e. The van der Waals surface area contributed by atoms with E-state index in [9.17, 15) is 5.11 Å². The molecule has 4 rings (SSSR count). The van der Waals surface area contributed by atoms with E-state index in [1.165, 1.54) is 16.9 Å². The van der Waals surface area contributed by atoms with Crippen LogP contribution in [0.1, 0.15) is 16.0 Å². The number of para-hydroxylation sites is 1. The van der Waals surface area contributed by atoms with E-state index in [0.29, 0.717) is 0 Å². The van der Waals surface area contributed by atoms with Crippen LogP contribution >= 0.6 is 11.3 Å². The maximum Gasteiger partial charge on any atom is 0.210 e. The number of aromatic nitrogens is 1. The van der Waals surface area contributed by atoms with Gasteiger partial charge < -0.3 is 5.11 Å². The van der Waals surface area contributed by atoms with Gasteiger partial charge in [-0.3, -0.25) is 9.56 Å². The molecule has 0 atom stereocenters. The van der Waals surface area contributed by atoms with Crippen LogP contribution in [0.5, 0.6) is 5.88 Å².